The van der Waals surface area contributed by atoms with Crippen molar-refractivity contribution in [2.75, 3.05) is 18.4 Å². The van der Waals surface area contributed by atoms with E-state index in [1.807, 2.05) is 0 Å². The van der Waals surface area contributed by atoms with Gasteiger partial charge in [0.25, 0.3) is 5.91 Å². The number of carbonyl (C=O) groups is 3. The molecule has 0 spiro atoms. The van der Waals surface area contributed by atoms with Crippen LogP contribution < -0.4 is 10.6 Å². The van der Waals surface area contributed by atoms with E-state index < -0.39 is 0 Å². The first-order valence-electron chi connectivity index (χ1n) is 9.32. The molecule has 1 aliphatic rings. The average molecular weight is 416 g/mol. The Kier molecular flexibility index (Phi) is 6.72. The number of amides is 3. The number of aromatic hydroxyl groups is 1. The van der Waals surface area contributed by atoms with Crippen LogP contribution in [0.5, 0.6) is 5.75 Å². The maximum absolute atomic E-state index is 12.5. The summed E-state index contributed by atoms with van der Waals surface area (Å²) in [6, 6.07) is 11.0. The van der Waals surface area contributed by atoms with Gasteiger partial charge in [-0.25, -0.2) is 0 Å². The van der Waals surface area contributed by atoms with E-state index in [1.54, 1.807) is 35.2 Å². The second-order valence-corrected chi connectivity index (χ2v) is 7.43. The lowest BCUT2D eigenvalue weighted by Gasteiger charge is -2.30. The maximum atomic E-state index is 12.5. The molecule has 29 heavy (non-hydrogen) atoms. The van der Waals surface area contributed by atoms with Gasteiger partial charge in [0.15, 0.2) is 0 Å². The van der Waals surface area contributed by atoms with Gasteiger partial charge in [-0.1, -0.05) is 17.7 Å². The quantitative estimate of drug-likeness (QED) is 0.631. The number of piperidine rings is 1. The van der Waals surface area contributed by atoms with Crippen LogP contribution in [0.25, 0.3) is 0 Å². The Hall–Kier alpha value is -3.06. The van der Waals surface area contributed by atoms with E-state index in [4.69, 9.17) is 11.6 Å². The lowest BCUT2D eigenvalue weighted by molar-refractivity contribution is -0.119. The average Bonchev–Trinajstić information content (AvgIpc) is 2.71. The van der Waals surface area contributed by atoms with E-state index >= 15 is 0 Å². The number of halogens is 1. The normalized spacial score (nSPS) is 16.2. The van der Waals surface area contributed by atoms with Crippen molar-refractivity contribution in [2.24, 2.45) is 0 Å². The molecule has 7 nitrogen and oxygen atoms in total. The summed E-state index contributed by atoms with van der Waals surface area (Å²) in [6.45, 7) is 1.20. The number of nitrogens with one attached hydrogen (secondary N) is 2. The SMILES string of the molecule is O=CN1CCCC(NC(=O)c2cccc(NC(=O)Cc3cc(Cl)ccc3O)c2)C1. The van der Waals surface area contributed by atoms with Crippen molar-refractivity contribution in [3.05, 3.63) is 58.6 Å². The number of likely N-dealkylation sites (tertiary alicyclic amines) is 1. The van der Waals surface area contributed by atoms with Crippen molar-refractivity contribution in [1.82, 2.24) is 10.2 Å². The molecular weight excluding hydrogens is 394 g/mol. The molecule has 1 heterocycles. The summed E-state index contributed by atoms with van der Waals surface area (Å²) in [5.41, 5.74) is 1.31. The highest BCUT2D eigenvalue weighted by molar-refractivity contribution is 6.30. The molecule has 3 rings (SSSR count). The minimum absolute atomic E-state index is 0.00507. The molecule has 0 aliphatic carbocycles. The van der Waals surface area contributed by atoms with Gasteiger partial charge in [0, 0.05) is 41.0 Å². The van der Waals surface area contributed by atoms with Gasteiger partial charge in [-0.2, -0.15) is 0 Å². The summed E-state index contributed by atoms with van der Waals surface area (Å²) in [4.78, 5) is 37.4. The third-order valence-corrected chi connectivity index (χ3v) is 4.97. The third kappa shape index (κ3) is 5.71. The summed E-state index contributed by atoms with van der Waals surface area (Å²) >= 11 is 5.90. The summed E-state index contributed by atoms with van der Waals surface area (Å²) in [5.74, 6) is -0.602. The molecule has 0 radical (unpaired) electrons. The van der Waals surface area contributed by atoms with Gasteiger partial charge in [-0.15, -0.1) is 0 Å². The predicted molar refractivity (Wildman–Crippen MR) is 110 cm³/mol. The fourth-order valence-electron chi connectivity index (χ4n) is 3.30. The first-order chi connectivity index (χ1) is 13.9. The van der Waals surface area contributed by atoms with Crippen molar-refractivity contribution >= 4 is 35.5 Å². The minimum Gasteiger partial charge on any atom is -0.508 e. The van der Waals surface area contributed by atoms with E-state index in [1.165, 1.54) is 12.1 Å². The molecule has 1 aliphatic heterocycles. The van der Waals surface area contributed by atoms with Crippen molar-refractivity contribution < 1.29 is 19.5 Å². The Bertz CT molecular complexity index is 919. The standard InChI is InChI=1S/C21H22ClN3O4/c22-16-6-7-19(27)15(9-16)11-20(28)23-17-4-1-3-14(10-17)21(29)24-18-5-2-8-25(12-18)13-26/h1,3-4,6-7,9-10,13,18,27H,2,5,8,11-12H2,(H,23,28)(H,24,29). The van der Waals surface area contributed by atoms with Crippen molar-refractivity contribution in [2.45, 2.75) is 25.3 Å². The molecule has 1 fully saturated rings. The zero-order chi connectivity index (χ0) is 20.8. The number of hydrogen-bond donors (Lipinski definition) is 3. The maximum Gasteiger partial charge on any atom is 0.251 e. The van der Waals surface area contributed by atoms with Crippen molar-refractivity contribution in [3.8, 4) is 5.75 Å². The number of rotatable bonds is 6. The molecule has 152 valence electrons. The molecule has 0 bridgehead atoms. The van der Waals surface area contributed by atoms with Crippen LogP contribution in [-0.4, -0.2) is 47.4 Å². The summed E-state index contributed by atoms with van der Waals surface area (Å²) in [6.07, 6.45) is 2.41. The molecule has 1 saturated heterocycles. The molecule has 0 aromatic heterocycles. The van der Waals surface area contributed by atoms with Gasteiger partial charge in [-0.05, 0) is 49.2 Å². The van der Waals surface area contributed by atoms with E-state index in [-0.39, 0.29) is 30.0 Å². The second-order valence-electron chi connectivity index (χ2n) is 6.99. The van der Waals surface area contributed by atoms with E-state index in [0.29, 0.717) is 34.9 Å². The van der Waals surface area contributed by atoms with Crippen LogP contribution >= 0.6 is 11.6 Å². The van der Waals surface area contributed by atoms with E-state index in [0.717, 1.165) is 19.3 Å². The van der Waals surface area contributed by atoms with Gasteiger partial charge < -0.3 is 20.6 Å². The van der Waals surface area contributed by atoms with Gasteiger partial charge in [0.05, 0.1) is 6.42 Å². The monoisotopic (exact) mass is 415 g/mol. The lowest BCUT2D eigenvalue weighted by atomic mass is 10.1. The van der Waals surface area contributed by atoms with Crippen LogP contribution in [0.3, 0.4) is 0 Å². The molecule has 1 unspecified atom stereocenters. The van der Waals surface area contributed by atoms with Crippen LogP contribution in [0.2, 0.25) is 5.02 Å². The smallest absolute Gasteiger partial charge is 0.251 e. The second kappa shape index (κ2) is 9.43. The molecule has 3 N–H and O–H groups in total. The first-order valence-corrected chi connectivity index (χ1v) is 9.70. The van der Waals surface area contributed by atoms with Crippen LogP contribution in [-0.2, 0) is 16.0 Å². The Balaban J connectivity index is 1.61. The fraction of sp³-hybridized carbons (Fsp3) is 0.286. The van der Waals surface area contributed by atoms with Crippen LogP contribution in [0.1, 0.15) is 28.8 Å². The zero-order valence-electron chi connectivity index (χ0n) is 15.7. The Morgan fingerprint density at radius 2 is 2.07 bits per heavy atom. The van der Waals surface area contributed by atoms with Crippen LogP contribution in [0, 0.1) is 0 Å². The van der Waals surface area contributed by atoms with Gasteiger partial charge in [-0.3, -0.25) is 14.4 Å². The molecule has 2 aromatic rings. The molecule has 1 atom stereocenters. The summed E-state index contributed by atoms with van der Waals surface area (Å²) in [7, 11) is 0. The van der Waals surface area contributed by atoms with Crippen LogP contribution in [0.15, 0.2) is 42.5 Å². The van der Waals surface area contributed by atoms with Crippen LogP contribution in [0.4, 0.5) is 5.69 Å². The first kappa shape index (κ1) is 20.7. The highest BCUT2D eigenvalue weighted by Gasteiger charge is 2.21. The Morgan fingerprint density at radius 1 is 1.24 bits per heavy atom. The van der Waals surface area contributed by atoms with Gasteiger partial charge in [0.2, 0.25) is 12.3 Å². The van der Waals surface area contributed by atoms with Gasteiger partial charge in [0.1, 0.15) is 5.75 Å². The molecular formula is C21H22ClN3O4. The molecule has 0 saturated carbocycles. The van der Waals surface area contributed by atoms with E-state index in [2.05, 4.69) is 10.6 Å². The van der Waals surface area contributed by atoms with E-state index in [9.17, 15) is 19.5 Å². The number of hydrogen-bond acceptors (Lipinski definition) is 4. The number of carbonyl (C=O) groups excluding carboxylic acids is 3. The largest absolute Gasteiger partial charge is 0.508 e. The Labute approximate surface area is 173 Å². The molecule has 2 aromatic carbocycles. The highest BCUT2D eigenvalue weighted by atomic mass is 35.5. The number of phenols is 1. The van der Waals surface area contributed by atoms with Crippen molar-refractivity contribution in [3.63, 3.8) is 0 Å². The van der Waals surface area contributed by atoms with Gasteiger partial charge >= 0.3 is 0 Å². The summed E-state index contributed by atoms with van der Waals surface area (Å²) in [5, 5.41) is 15.9. The Morgan fingerprint density at radius 3 is 2.86 bits per heavy atom. The lowest BCUT2D eigenvalue weighted by Crippen LogP contribution is -2.47. The zero-order valence-corrected chi connectivity index (χ0v) is 16.5. The molecule has 3 amide bonds. The molecule has 8 heteroatoms. The minimum atomic E-state index is -0.339. The number of benzene rings is 2. The third-order valence-electron chi connectivity index (χ3n) is 4.74. The predicted octanol–water partition coefficient (Wildman–Crippen LogP) is 2.58. The fourth-order valence-corrected chi connectivity index (χ4v) is 3.50. The number of phenolic OH excluding ortho intramolecular Hbond substituents is 1. The number of anilines is 1. The van der Waals surface area contributed by atoms with Crippen molar-refractivity contribution in [1.29, 1.82) is 0 Å². The highest BCUT2D eigenvalue weighted by Crippen LogP contribution is 2.22. The summed E-state index contributed by atoms with van der Waals surface area (Å²) < 4.78 is 0. The number of nitrogens with zero attached hydrogens (tertiary/aromatic N) is 1. The topological polar surface area (TPSA) is 98.7 Å².